The number of aryl methyl sites for hydroxylation is 1. The third-order valence-corrected chi connectivity index (χ3v) is 14.5. The SMILES string of the molecule is CC1CCCc2c1n(-c1ccccc1)c1ccc(-c3cccc4oc5c(c34)=CC(c3ccc4c(c3)c3cc6c(cc3n4-c3ccccc3)sc3ccccc36)CC=5)cc21. The Morgan fingerprint density at radius 3 is 2.24 bits per heavy atom. The van der Waals surface area contributed by atoms with Crippen LogP contribution in [-0.2, 0) is 6.42 Å². The topological polar surface area (TPSA) is 23.0 Å². The summed E-state index contributed by atoms with van der Waals surface area (Å²) in [6.07, 6.45) is 9.29. The van der Waals surface area contributed by atoms with Crippen molar-refractivity contribution in [2.45, 2.75) is 44.4 Å². The van der Waals surface area contributed by atoms with E-state index in [1.165, 1.54) is 116 Å². The molecule has 282 valence electrons. The molecule has 0 spiro atoms. The fourth-order valence-corrected chi connectivity index (χ4v) is 11.8. The van der Waals surface area contributed by atoms with E-state index in [9.17, 15) is 0 Å². The molecule has 0 saturated heterocycles. The summed E-state index contributed by atoms with van der Waals surface area (Å²) in [5.74, 6) is 0.740. The van der Waals surface area contributed by atoms with Gasteiger partial charge in [0, 0.05) is 69.9 Å². The third kappa shape index (κ3) is 4.93. The van der Waals surface area contributed by atoms with E-state index in [-0.39, 0.29) is 5.92 Å². The molecular weight excluding hydrogens is 737 g/mol. The number of nitrogens with zero attached hydrogens (tertiary/aromatic N) is 2. The zero-order valence-corrected chi connectivity index (χ0v) is 33.6. The van der Waals surface area contributed by atoms with E-state index in [1.807, 2.05) is 11.3 Å². The molecule has 2 unspecified atom stereocenters. The Labute approximate surface area is 345 Å². The van der Waals surface area contributed by atoms with Gasteiger partial charge in [-0.2, -0.15) is 0 Å². The van der Waals surface area contributed by atoms with Gasteiger partial charge in [-0.15, -0.1) is 11.3 Å². The fourth-order valence-electron chi connectivity index (χ4n) is 10.7. The number of aromatic nitrogens is 2. The molecule has 7 aromatic carbocycles. The number of rotatable bonds is 4. The summed E-state index contributed by atoms with van der Waals surface area (Å²) < 4.78 is 14.3. The Morgan fingerprint density at radius 2 is 1.37 bits per heavy atom. The Bertz CT molecular complexity index is 3640. The number of furan rings is 1. The fraction of sp³-hybridized carbons (Fsp3) is 0.127. The zero-order valence-electron chi connectivity index (χ0n) is 32.8. The van der Waals surface area contributed by atoms with E-state index in [0.29, 0.717) is 5.92 Å². The second-order valence-corrected chi connectivity index (χ2v) is 17.8. The number of hydrogen-bond acceptors (Lipinski definition) is 2. The molecule has 0 amide bonds. The van der Waals surface area contributed by atoms with Gasteiger partial charge >= 0.3 is 0 Å². The maximum atomic E-state index is 6.65. The Morgan fingerprint density at radius 1 is 0.610 bits per heavy atom. The van der Waals surface area contributed by atoms with Crippen LogP contribution in [0.2, 0.25) is 0 Å². The molecule has 0 radical (unpaired) electrons. The summed E-state index contributed by atoms with van der Waals surface area (Å²) in [7, 11) is 0. The van der Waals surface area contributed by atoms with Crippen molar-refractivity contribution in [3.8, 4) is 22.5 Å². The molecule has 59 heavy (non-hydrogen) atoms. The molecule has 0 fully saturated rings. The van der Waals surface area contributed by atoms with E-state index in [2.05, 4.69) is 180 Å². The third-order valence-electron chi connectivity index (χ3n) is 13.4. The quantitative estimate of drug-likeness (QED) is 0.175. The van der Waals surface area contributed by atoms with E-state index < -0.39 is 0 Å². The van der Waals surface area contributed by atoms with Crippen LogP contribution in [0.25, 0.3) is 98.5 Å². The van der Waals surface area contributed by atoms with Crippen LogP contribution < -0.4 is 10.6 Å². The predicted molar refractivity (Wildman–Crippen MR) is 249 cm³/mol. The van der Waals surface area contributed by atoms with Crippen molar-refractivity contribution in [2.24, 2.45) is 0 Å². The number of benzene rings is 7. The molecular formula is C55H40N2OS. The van der Waals surface area contributed by atoms with Crippen molar-refractivity contribution < 1.29 is 4.42 Å². The van der Waals surface area contributed by atoms with Gasteiger partial charge in [0.1, 0.15) is 11.0 Å². The molecule has 0 aliphatic heterocycles. The van der Waals surface area contributed by atoms with Crippen molar-refractivity contribution in [3.63, 3.8) is 0 Å². The van der Waals surface area contributed by atoms with E-state index in [4.69, 9.17) is 4.42 Å². The molecule has 4 aromatic heterocycles. The highest BCUT2D eigenvalue weighted by molar-refractivity contribution is 7.25. The van der Waals surface area contributed by atoms with E-state index >= 15 is 0 Å². The number of para-hydroxylation sites is 2. The summed E-state index contributed by atoms with van der Waals surface area (Å²) in [6, 6.07) is 56.4. The predicted octanol–water partition coefficient (Wildman–Crippen LogP) is 13.7. The summed E-state index contributed by atoms with van der Waals surface area (Å²) in [6.45, 7) is 2.40. The Kier molecular flexibility index (Phi) is 7.17. The van der Waals surface area contributed by atoms with Gasteiger partial charge in [0.05, 0.1) is 16.6 Å². The van der Waals surface area contributed by atoms with E-state index in [1.54, 1.807) is 0 Å². The van der Waals surface area contributed by atoms with Gasteiger partial charge in [0.15, 0.2) is 0 Å². The van der Waals surface area contributed by atoms with Crippen LogP contribution in [0, 0.1) is 0 Å². The van der Waals surface area contributed by atoms with Gasteiger partial charge in [-0.25, -0.2) is 0 Å². The van der Waals surface area contributed by atoms with Gasteiger partial charge in [-0.3, -0.25) is 0 Å². The van der Waals surface area contributed by atoms with Crippen molar-refractivity contribution >= 4 is 87.3 Å². The minimum absolute atomic E-state index is 0.220. The first-order chi connectivity index (χ1) is 29.2. The lowest BCUT2D eigenvalue weighted by Crippen LogP contribution is -2.25. The average Bonchev–Trinajstić information content (AvgIpc) is 4.03. The van der Waals surface area contributed by atoms with Crippen molar-refractivity contribution in [2.75, 3.05) is 0 Å². The molecule has 13 rings (SSSR count). The Balaban J connectivity index is 0.982. The van der Waals surface area contributed by atoms with Crippen LogP contribution in [0.15, 0.2) is 156 Å². The highest BCUT2D eigenvalue weighted by atomic mass is 32.1. The molecule has 4 heteroatoms. The normalized spacial score (nSPS) is 16.6. The summed E-state index contributed by atoms with van der Waals surface area (Å²) in [4.78, 5) is 0. The minimum Gasteiger partial charge on any atom is -0.456 e. The lowest BCUT2D eigenvalue weighted by Gasteiger charge is -2.22. The first-order valence-corrected chi connectivity index (χ1v) is 21.9. The van der Waals surface area contributed by atoms with Crippen LogP contribution >= 0.6 is 11.3 Å². The molecule has 3 nitrogen and oxygen atoms in total. The maximum Gasteiger partial charge on any atom is 0.136 e. The van der Waals surface area contributed by atoms with Crippen LogP contribution in [0.3, 0.4) is 0 Å². The van der Waals surface area contributed by atoms with Gasteiger partial charge < -0.3 is 13.6 Å². The molecule has 2 atom stereocenters. The minimum atomic E-state index is 0.220. The lowest BCUT2D eigenvalue weighted by molar-refractivity contribution is 0.570. The van der Waals surface area contributed by atoms with Gasteiger partial charge in [0.2, 0.25) is 0 Å². The maximum absolute atomic E-state index is 6.65. The largest absolute Gasteiger partial charge is 0.456 e. The monoisotopic (exact) mass is 776 g/mol. The second kappa shape index (κ2) is 12.7. The number of hydrogen-bond donors (Lipinski definition) is 0. The summed E-state index contributed by atoms with van der Waals surface area (Å²) in [5.41, 5.74) is 15.0. The van der Waals surface area contributed by atoms with Crippen molar-refractivity contribution in [1.29, 1.82) is 0 Å². The number of thiophene rings is 1. The highest BCUT2D eigenvalue weighted by Gasteiger charge is 2.27. The van der Waals surface area contributed by atoms with Crippen molar-refractivity contribution in [1.82, 2.24) is 9.13 Å². The standard InChI is InChI=1S/C55H40N2OS/c1-33-12-10-19-41-42-30-36(23-26-48(42)57(55(33)41)38-15-6-3-7-16-38)39-18-11-20-51-54(39)46-29-35(24-27-50(46)58-51)34-22-25-47-43(28-34)44-31-45-40-17-8-9-21-52(40)59-53(45)32-49(44)56(47)37-13-4-2-5-14-37/h2-9,11,13-18,20-23,25-33,35H,10,12,19,24H2,1H3. The van der Waals surface area contributed by atoms with Crippen LogP contribution in [0.4, 0.5) is 0 Å². The summed E-state index contributed by atoms with van der Waals surface area (Å²) in [5, 5.41) is 9.06. The molecule has 0 saturated carbocycles. The van der Waals surface area contributed by atoms with Gasteiger partial charge in [0.25, 0.3) is 0 Å². The number of fused-ring (bicyclic) bond motifs is 12. The lowest BCUT2D eigenvalue weighted by atomic mass is 9.87. The molecule has 0 bridgehead atoms. The molecule has 0 N–H and O–H groups in total. The first kappa shape index (κ1) is 33.4. The molecule has 11 aromatic rings. The van der Waals surface area contributed by atoms with Crippen LogP contribution in [-0.4, -0.2) is 9.13 Å². The van der Waals surface area contributed by atoms with Gasteiger partial charge in [-0.1, -0.05) is 91.9 Å². The van der Waals surface area contributed by atoms with Crippen LogP contribution in [0.1, 0.15) is 54.8 Å². The Hall–Kier alpha value is -6.62. The highest BCUT2D eigenvalue weighted by Crippen LogP contribution is 2.44. The molecule has 2 aliphatic carbocycles. The zero-order chi connectivity index (χ0) is 38.8. The first-order valence-electron chi connectivity index (χ1n) is 21.1. The average molecular weight is 777 g/mol. The van der Waals surface area contributed by atoms with Gasteiger partial charge in [-0.05, 0) is 133 Å². The van der Waals surface area contributed by atoms with E-state index in [0.717, 1.165) is 23.8 Å². The smallest absolute Gasteiger partial charge is 0.136 e. The summed E-state index contributed by atoms with van der Waals surface area (Å²) >= 11 is 1.88. The molecule has 4 heterocycles. The molecule has 2 aliphatic rings. The van der Waals surface area contributed by atoms with Crippen LogP contribution in [0.5, 0.6) is 0 Å². The van der Waals surface area contributed by atoms with Crippen molar-refractivity contribution in [3.05, 3.63) is 179 Å². The second-order valence-electron chi connectivity index (χ2n) is 16.7.